The molecule has 1 saturated heterocycles. The van der Waals surface area contributed by atoms with E-state index in [-0.39, 0.29) is 17.9 Å². The molecule has 1 heterocycles. The van der Waals surface area contributed by atoms with E-state index < -0.39 is 5.54 Å². The van der Waals surface area contributed by atoms with Gasteiger partial charge >= 0.3 is 0 Å². The van der Waals surface area contributed by atoms with Gasteiger partial charge in [0.25, 0.3) is 0 Å². The molecule has 1 saturated carbocycles. The largest absolute Gasteiger partial charge is 0.340 e. The molecular formula is C17H22N2O2. The highest BCUT2D eigenvalue weighted by atomic mass is 16.2. The summed E-state index contributed by atoms with van der Waals surface area (Å²) in [5, 5.41) is 2.95. The van der Waals surface area contributed by atoms with Gasteiger partial charge in [-0.3, -0.25) is 9.59 Å². The van der Waals surface area contributed by atoms with Gasteiger partial charge in [-0.05, 0) is 44.6 Å². The number of benzene rings is 1. The number of nitrogens with one attached hydrogen (secondary N) is 1. The molecule has 1 aromatic carbocycles. The Morgan fingerprint density at radius 3 is 2.52 bits per heavy atom. The highest BCUT2D eigenvalue weighted by Gasteiger charge is 2.54. The summed E-state index contributed by atoms with van der Waals surface area (Å²) < 4.78 is 0. The lowest BCUT2D eigenvalue weighted by Gasteiger charge is -2.43. The van der Waals surface area contributed by atoms with E-state index >= 15 is 0 Å². The molecule has 0 bridgehead atoms. The summed E-state index contributed by atoms with van der Waals surface area (Å²) in [7, 11) is 0. The van der Waals surface area contributed by atoms with Gasteiger partial charge in [-0.1, -0.05) is 30.3 Å². The van der Waals surface area contributed by atoms with Crippen LogP contribution in [0.2, 0.25) is 0 Å². The summed E-state index contributed by atoms with van der Waals surface area (Å²) >= 11 is 0. The lowest BCUT2D eigenvalue weighted by Crippen LogP contribution is -2.69. The number of amides is 2. The molecule has 2 unspecified atom stereocenters. The van der Waals surface area contributed by atoms with Crippen LogP contribution < -0.4 is 5.32 Å². The molecule has 4 heteroatoms. The summed E-state index contributed by atoms with van der Waals surface area (Å²) in [6.45, 7) is 4.29. The van der Waals surface area contributed by atoms with Crippen LogP contribution in [0, 0.1) is 5.92 Å². The van der Waals surface area contributed by atoms with E-state index in [0.717, 1.165) is 19.3 Å². The zero-order valence-electron chi connectivity index (χ0n) is 12.6. The first-order valence-electron chi connectivity index (χ1n) is 7.69. The Morgan fingerprint density at radius 1 is 1.24 bits per heavy atom. The molecule has 2 atom stereocenters. The summed E-state index contributed by atoms with van der Waals surface area (Å²) in [4.78, 5) is 26.8. The predicted molar refractivity (Wildman–Crippen MR) is 80.6 cm³/mol. The smallest absolute Gasteiger partial charge is 0.249 e. The van der Waals surface area contributed by atoms with E-state index in [1.807, 2.05) is 32.0 Å². The minimum Gasteiger partial charge on any atom is -0.340 e. The Balaban J connectivity index is 1.75. The van der Waals surface area contributed by atoms with Crippen molar-refractivity contribution >= 4 is 11.8 Å². The van der Waals surface area contributed by atoms with Crippen LogP contribution in [0.25, 0.3) is 0 Å². The van der Waals surface area contributed by atoms with Crippen LogP contribution in [-0.4, -0.2) is 34.8 Å². The molecular weight excluding hydrogens is 264 g/mol. The number of piperazine rings is 1. The molecule has 3 rings (SSSR count). The monoisotopic (exact) mass is 286 g/mol. The van der Waals surface area contributed by atoms with Crippen molar-refractivity contribution in [2.45, 2.75) is 44.7 Å². The van der Waals surface area contributed by atoms with E-state index in [1.165, 1.54) is 5.56 Å². The molecule has 1 N–H and O–H groups in total. The van der Waals surface area contributed by atoms with Crippen molar-refractivity contribution in [3.05, 3.63) is 35.9 Å². The predicted octanol–water partition coefficient (Wildman–Crippen LogP) is 1.74. The molecule has 21 heavy (non-hydrogen) atoms. The number of carbonyl (C=O) groups excluding carboxylic acids is 2. The fourth-order valence-corrected chi connectivity index (χ4v) is 3.16. The number of nitrogens with zero attached hydrogens (tertiary/aromatic N) is 1. The molecule has 0 spiro atoms. The molecule has 2 amide bonds. The molecule has 1 aliphatic carbocycles. The number of carbonyl (C=O) groups is 2. The van der Waals surface area contributed by atoms with Crippen LogP contribution in [-0.2, 0) is 16.0 Å². The first-order chi connectivity index (χ1) is 10.0. The summed E-state index contributed by atoms with van der Waals surface area (Å²) in [6.07, 6.45) is 2.85. The Labute approximate surface area is 125 Å². The molecule has 0 aromatic heterocycles. The number of rotatable bonds is 4. The topological polar surface area (TPSA) is 49.4 Å². The molecule has 0 radical (unpaired) electrons. The van der Waals surface area contributed by atoms with E-state index in [2.05, 4.69) is 17.4 Å². The second-order valence-corrected chi connectivity index (χ2v) is 6.38. The van der Waals surface area contributed by atoms with E-state index in [4.69, 9.17) is 0 Å². The molecule has 2 aliphatic rings. The summed E-state index contributed by atoms with van der Waals surface area (Å²) in [5.74, 6) is 0.353. The van der Waals surface area contributed by atoms with Crippen molar-refractivity contribution in [2.24, 2.45) is 5.92 Å². The maximum atomic E-state index is 12.8. The van der Waals surface area contributed by atoms with Gasteiger partial charge in [0.05, 0.1) is 0 Å². The molecule has 2 fully saturated rings. The van der Waals surface area contributed by atoms with Gasteiger partial charge in [-0.15, -0.1) is 0 Å². The van der Waals surface area contributed by atoms with Crippen LogP contribution in [0.5, 0.6) is 0 Å². The average Bonchev–Trinajstić information content (AvgIpc) is 3.31. The zero-order chi connectivity index (χ0) is 15.0. The third kappa shape index (κ3) is 2.55. The lowest BCUT2D eigenvalue weighted by molar-refractivity contribution is -0.154. The van der Waals surface area contributed by atoms with Crippen molar-refractivity contribution in [3.8, 4) is 0 Å². The normalized spacial score (nSPS) is 29.4. The molecule has 112 valence electrons. The van der Waals surface area contributed by atoms with Crippen molar-refractivity contribution in [1.82, 2.24) is 10.2 Å². The van der Waals surface area contributed by atoms with Crippen LogP contribution in [0.1, 0.15) is 32.3 Å². The van der Waals surface area contributed by atoms with Crippen LogP contribution in [0.15, 0.2) is 30.3 Å². The Kier molecular flexibility index (Phi) is 3.47. The van der Waals surface area contributed by atoms with Gasteiger partial charge in [0.15, 0.2) is 0 Å². The minimum absolute atomic E-state index is 0.0305. The average molecular weight is 286 g/mol. The third-order valence-electron chi connectivity index (χ3n) is 4.81. The summed E-state index contributed by atoms with van der Waals surface area (Å²) in [6, 6.07) is 9.71. The second-order valence-electron chi connectivity index (χ2n) is 6.38. The Bertz CT molecular complexity index is 553. The highest BCUT2D eigenvalue weighted by molar-refractivity contribution is 5.99. The maximum absolute atomic E-state index is 12.8. The fraction of sp³-hybridized carbons (Fsp3) is 0.529. The van der Waals surface area contributed by atoms with E-state index in [9.17, 15) is 9.59 Å². The quantitative estimate of drug-likeness (QED) is 0.916. The van der Waals surface area contributed by atoms with Gasteiger partial charge in [-0.2, -0.15) is 0 Å². The van der Waals surface area contributed by atoms with Crippen LogP contribution in [0.4, 0.5) is 0 Å². The standard InChI is InChI=1S/C17H22N2O2/c1-12-15(20)18-17(2,14-8-9-14)16(21)19(12)11-10-13-6-4-3-5-7-13/h3-7,12,14H,8-11H2,1-2H3,(H,18,20). The fourth-order valence-electron chi connectivity index (χ4n) is 3.16. The minimum atomic E-state index is -0.694. The molecule has 1 aromatic rings. The lowest BCUT2D eigenvalue weighted by atomic mass is 9.89. The zero-order valence-corrected chi connectivity index (χ0v) is 12.6. The van der Waals surface area contributed by atoms with Gasteiger partial charge in [0, 0.05) is 6.54 Å². The number of hydrogen-bond acceptors (Lipinski definition) is 2. The maximum Gasteiger partial charge on any atom is 0.249 e. The van der Waals surface area contributed by atoms with Crippen LogP contribution in [0.3, 0.4) is 0 Å². The Hall–Kier alpha value is -1.84. The first-order valence-corrected chi connectivity index (χ1v) is 7.69. The van der Waals surface area contributed by atoms with Gasteiger partial charge in [-0.25, -0.2) is 0 Å². The second kappa shape index (κ2) is 5.17. The highest BCUT2D eigenvalue weighted by Crippen LogP contribution is 2.42. The van der Waals surface area contributed by atoms with Crippen molar-refractivity contribution in [2.75, 3.05) is 6.54 Å². The van der Waals surface area contributed by atoms with E-state index in [0.29, 0.717) is 12.5 Å². The van der Waals surface area contributed by atoms with Crippen molar-refractivity contribution in [1.29, 1.82) is 0 Å². The first kappa shape index (κ1) is 14.1. The Morgan fingerprint density at radius 2 is 1.90 bits per heavy atom. The van der Waals surface area contributed by atoms with Gasteiger partial charge in [0.2, 0.25) is 11.8 Å². The van der Waals surface area contributed by atoms with Gasteiger partial charge in [0.1, 0.15) is 11.6 Å². The SMILES string of the molecule is CC1C(=O)NC(C)(C2CC2)C(=O)N1CCc1ccccc1. The number of hydrogen-bond donors (Lipinski definition) is 1. The summed E-state index contributed by atoms with van der Waals surface area (Å²) in [5.41, 5.74) is 0.497. The van der Waals surface area contributed by atoms with Crippen LogP contribution >= 0.6 is 0 Å². The molecule has 4 nitrogen and oxygen atoms in total. The molecule has 1 aliphatic heterocycles. The van der Waals surface area contributed by atoms with Gasteiger partial charge < -0.3 is 10.2 Å². The van der Waals surface area contributed by atoms with Crippen molar-refractivity contribution in [3.63, 3.8) is 0 Å². The van der Waals surface area contributed by atoms with E-state index in [1.54, 1.807) is 4.90 Å². The van der Waals surface area contributed by atoms with Crippen molar-refractivity contribution < 1.29 is 9.59 Å². The third-order valence-corrected chi connectivity index (χ3v) is 4.81.